The van der Waals surface area contributed by atoms with Crippen molar-refractivity contribution in [2.45, 2.75) is 52.1 Å². The third kappa shape index (κ3) is 3.26. The normalized spacial score (nSPS) is 40.0. The molecule has 5 unspecified atom stereocenters. The number of aliphatic hydroxyl groups excluding tert-OH is 1. The van der Waals surface area contributed by atoms with Gasteiger partial charge in [-0.15, -0.1) is 0 Å². The Labute approximate surface area is 119 Å². The molecule has 0 bridgehead atoms. The van der Waals surface area contributed by atoms with Gasteiger partial charge in [-0.05, 0) is 31.1 Å². The summed E-state index contributed by atoms with van der Waals surface area (Å²) in [6.07, 6.45) is 1.38. The van der Waals surface area contributed by atoms with Crippen molar-refractivity contribution < 1.29 is 19.5 Å². The zero-order valence-electron chi connectivity index (χ0n) is 12.1. The lowest BCUT2D eigenvalue weighted by atomic mass is 9.65. The van der Waals surface area contributed by atoms with E-state index in [-0.39, 0.29) is 36.4 Å². The highest BCUT2D eigenvalue weighted by atomic mass is 16.3. The third-order valence-electron chi connectivity index (χ3n) is 4.76. The fraction of sp³-hybridized carbons (Fsp3) is 0.800. The summed E-state index contributed by atoms with van der Waals surface area (Å²) >= 11 is 0. The summed E-state index contributed by atoms with van der Waals surface area (Å²) in [4.78, 5) is 35.7. The molecule has 0 spiro atoms. The topological polar surface area (TPSA) is 83.5 Å². The van der Waals surface area contributed by atoms with E-state index in [1.807, 2.05) is 6.92 Å². The van der Waals surface area contributed by atoms with E-state index in [0.717, 1.165) is 6.42 Å². The molecular weight excluding hydrogens is 258 g/mol. The summed E-state index contributed by atoms with van der Waals surface area (Å²) in [6, 6.07) is 0. The van der Waals surface area contributed by atoms with E-state index < -0.39 is 17.9 Å². The van der Waals surface area contributed by atoms with Gasteiger partial charge in [-0.2, -0.15) is 0 Å². The fourth-order valence-electron chi connectivity index (χ4n) is 3.72. The van der Waals surface area contributed by atoms with Crippen molar-refractivity contribution in [3.05, 3.63) is 0 Å². The molecule has 5 heteroatoms. The minimum absolute atomic E-state index is 0.0254. The number of Topliss-reactive ketones (excluding diaryl/α,β-unsaturated/α-hetero) is 1. The second-order valence-electron chi connectivity index (χ2n) is 6.40. The van der Waals surface area contributed by atoms with Gasteiger partial charge in [-0.3, -0.25) is 19.7 Å². The lowest BCUT2D eigenvalue weighted by Gasteiger charge is -2.39. The summed E-state index contributed by atoms with van der Waals surface area (Å²) in [5.74, 6) is -0.561. The molecule has 112 valence electrons. The molecule has 1 heterocycles. The average molecular weight is 281 g/mol. The van der Waals surface area contributed by atoms with Gasteiger partial charge < -0.3 is 5.11 Å². The van der Waals surface area contributed by atoms with Crippen LogP contribution in [0, 0.1) is 23.7 Å². The van der Waals surface area contributed by atoms with Crippen molar-refractivity contribution in [2.24, 2.45) is 23.7 Å². The number of aliphatic hydroxyl groups is 1. The van der Waals surface area contributed by atoms with Crippen LogP contribution in [0.3, 0.4) is 0 Å². The van der Waals surface area contributed by atoms with Gasteiger partial charge in [0.05, 0.1) is 12.5 Å². The number of carbonyl (C=O) groups excluding carboxylic acids is 3. The van der Waals surface area contributed by atoms with Crippen LogP contribution < -0.4 is 5.32 Å². The summed E-state index contributed by atoms with van der Waals surface area (Å²) in [5.41, 5.74) is 0. The second kappa shape index (κ2) is 6.04. The Morgan fingerprint density at radius 1 is 1.05 bits per heavy atom. The molecule has 1 saturated heterocycles. The molecule has 0 radical (unpaired) electrons. The average Bonchev–Trinajstić information content (AvgIpc) is 2.34. The van der Waals surface area contributed by atoms with Gasteiger partial charge in [-0.25, -0.2) is 0 Å². The molecule has 1 aliphatic carbocycles. The summed E-state index contributed by atoms with van der Waals surface area (Å²) in [7, 11) is 0. The lowest BCUT2D eigenvalue weighted by molar-refractivity contribution is -0.140. The first-order valence-electron chi connectivity index (χ1n) is 7.43. The van der Waals surface area contributed by atoms with Gasteiger partial charge >= 0.3 is 0 Å². The maximum Gasteiger partial charge on any atom is 0.229 e. The lowest BCUT2D eigenvalue weighted by Crippen LogP contribution is -2.44. The largest absolute Gasteiger partial charge is 0.393 e. The van der Waals surface area contributed by atoms with Crippen LogP contribution in [0.4, 0.5) is 0 Å². The van der Waals surface area contributed by atoms with Crippen LogP contribution >= 0.6 is 0 Å². The molecule has 0 aromatic heterocycles. The molecule has 0 aromatic carbocycles. The molecule has 5 atom stereocenters. The van der Waals surface area contributed by atoms with E-state index in [9.17, 15) is 19.5 Å². The van der Waals surface area contributed by atoms with Gasteiger partial charge in [0.15, 0.2) is 0 Å². The molecule has 2 rings (SSSR count). The highest BCUT2D eigenvalue weighted by molar-refractivity contribution is 5.97. The number of ketones is 1. The zero-order chi connectivity index (χ0) is 14.9. The van der Waals surface area contributed by atoms with Crippen molar-refractivity contribution >= 4 is 17.6 Å². The Morgan fingerprint density at radius 2 is 1.70 bits per heavy atom. The molecule has 2 fully saturated rings. The van der Waals surface area contributed by atoms with Crippen LogP contribution in [-0.2, 0) is 14.4 Å². The van der Waals surface area contributed by atoms with E-state index >= 15 is 0 Å². The van der Waals surface area contributed by atoms with E-state index in [4.69, 9.17) is 0 Å². The molecule has 2 aliphatic rings. The van der Waals surface area contributed by atoms with Crippen molar-refractivity contribution in [1.29, 1.82) is 0 Å². The SMILES string of the molecule is CC1CC(C)C2CCC(O)CC(=O)NC(=O)CC2C1=O. The first-order chi connectivity index (χ1) is 9.38. The molecule has 5 nitrogen and oxygen atoms in total. The van der Waals surface area contributed by atoms with Crippen molar-refractivity contribution in [3.8, 4) is 0 Å². The Kier molecular flexibility index (Phi) is 4.58. The first-order valence-corrected chi connectivity index (χ1v) is 7.43. The van der Waals surface area contributed by atoms with E-state index in [2.05, 4.69) is 12.2 Å². The highest BCUT2D eigenvalue weighted by Gasteiger charge is 2.41. The Morgan fingerprint density at radius 3 is 2.40 bits per heavy atom. The standard InChI is InChI=1S/C15H23NO4/c1-8-5-9(2)15(20)12-7-14(19)16-13(18)6-10(17)3-4-11(8)12/h8-12,17H,3-7H2,1-2H3,(H,16,18,19). The van der Waals surface area contributed by atoms with Gasteiger partial charge in [0, 0.05) is 18.3 Å². The Hall–Kier alpha value is -1.23. The van der Waals surface area contributed by atoms with Gasteiger partial charge in [0.1, 0.15) is 5.78 Å². The predicted octanol–water partition coefficient (Wildman–Crippen LogP) is 1.04. The van der Waals surface area contributed by atoms with Gasteiger partial charge in [0.2, 0.25) is 11.8 Å². The number of hydrogen-bond acceptors (Lipinski definition) is 4. The van der Waals surface area contributed by atoms with Crippen molar-refractivity contribution in [1.82, 2.24) is 5.32 Å². The van der Waals surface area contributed by atoms with Crippen LogP contribution in [0.2, 0.25) is 0 Å². The van der Waals surface area contributed by atoms with E-state index in [1.54, 1.807) is 0 Å². The highest BCUT2D eigenvalue weighted by Crippen LogP contribution is 2.40. The van der Waals surface area contributed by atoms with Crippen LogP contribution in [0.1, 0.15) is 46.0 Å². The smallest absolute Gasteiger partial charge is 0.229 e. The molecule has 2 N–H and O–H groups in total. The number of nitrogens with one attached hydrogen (secondary N) is 1. The van der Waals surface area contributed by atoms with Crippen LogP contribution in [0.15, 0.2) is 0 Å². The Balaban J connectivity index is 2.21. The number of hydrogen-bond donors (Lipinski definition) is 2. The summed E-state index contributed by atoms with van der Waals surface area (Å²) in [5, 5.41) is 12.1. The number of imide groups is 1. The van der Waals surface area contributed by atoms with Crippen molar-refractivity contribution in [3.63, 3.8) is 0 Å². The molecule has 1 aliphatic heterocycles. The molecule has 1 saturated carbocycles. The second-order valence-corrected chi connectivity index (χ2v) is 6.40. The van der Waals surface area contributed by atoms with E-state index in [0.29, 0.717) is 18.8 Å². The zero-order valence-corrected chi connectivity index (χ0v) is 12.1. The molecular formula is C15H23NO4. The Bertz CT molecular complexity index is 420. The quantitative estimate of drug-likeness (QED) is 0.650. The maximum atomic E-state index is 12.3. The van der Waals surface area contributed by atoms with Gasteiger partial charge in [-0.1, -0.05) is 13.8 Å². The number of fused-ring (bicyclic) bond motifs is 1. The van der Waals surface area contributed by atoms with Crippen LogP contribution in [-0.4, -0.2) is 28.8 Å². The maximum absolute atomic E-state index is 12.3. The van der Waals surface area contributed by atoms with Crippen LogP contribution in [0.25, 0.3) is 0 Å². The first kappa shape index (κ1) is 15.2. The fourth-order valence-corrected chi connectivity index (χ4v) is 3.72. The summed E-state index contributed by atoms with van der Waals surface area (Å²) < 4.78 is 0. The molecule has 0 aromatic rings. The van der Waals surface area contributed by atoms with E-state index in [1.165, 1.54) is 0 Å². The van der Waals surface area contributed by atoms with Crippen molar-refractivity contribution in [2.75, 3.05) is 0 Å². The minimum atomic E-state index is -0.733. The summed E-state index contributed by atoms with van der Waals surface area (Å²) in [6.45, 7) is 4.02. The third-order valence-corrected chi connectivity index (χ3v) is 4.76. The predicted molar refractivity (Wildman–Crippen MR) is 72.6 cm³/mol. The van der Waals surface area contributed by atoms with Gasteiger partial charge in [0.25, 0.3) is 0 Å². The number of amides is 2. The number of carbonyl (C=O) groups is 3. The van der Waals surface area contributed by atoms with Crippen LogP contribution in [0.5, 0.6) is 0 Å². The molecule has 2 amide bonds. The number of rotatable bonds is 0. The molecule has 20 heavy (non-hydrogen) atoms. The minimum Gasteiger partial charge on any atom is -0.393 e. The monoisotopic (exact) mass is 281 g/mol.